The van der Waals surface area contributed by atoms with Gasteiger partial charge in [-0.05, 0) is 34.5 Å². The number of hydrogen-bond donors (Lipinski definition) is 1. The maximum atomic E-state index is 11.9. The van der Waals surface area contributed by atoms with Gasteiger partial charge in [0, 0.05) is 6.54 Å². The van der Waals surface area contributed by atoms with Gasteiger partial charge in [0.25, 0.3) is 5.91 Å². The molecule has 0 spiro atoms. The normalized spacial score (nSPS) is 10.1. The second kappa shape index (κ2) is 6.00. The van der Waals surface area contributed by atoms with Gasteiger partial charge in [-0.1, -0.05) is 6.92 Å². The van der Waals surface area contributed by atoms with E-state index in [1.807, 2.05) is 6.92 Å². The molecule has 1 heterocycles. The minimum absolute atomic E-state index is 0.222. The number of carbonyl (C=O) groups is 2. The van der Waals surface area contributed by atoms with Crippen LogP contribution in [0.25, 0.3) is 0 Å². The van der Waals surface area contributed by atoms with Gasteiger partial charge < -0.3 is 10.0 Å². The Labute approximate surface area is 106 Å². The standard InChI is InChI=1S/C10H12BrNO3S/c1-2-5-12(6-9(13)14)10(15)7-3-4-8(11)16-7/h3-4H,2,5-6H2,1H3,(H,13,14). The van der Waals surface area contributed by atoms with Crippen LogP contribution in [0.4, 0.5) is 0 Å². The van der Waals surface area contributed by atoms with Crippen molar-refractivity contribution in [3.63, 3.8) is 0 Å². The lowest BCUT2D eigenvalue weighted by molar-refractivity contribution is -0.137. The van der Waals surface area contributed by atoms with Gasteiger partial charge in [0.1, 0.15) is 6.54 Å². The van der Waals surface area contributed by atoms with Crippen LogP contribution in [0.3, 0.4) is 0 Å². The summed E-state index contributed by atoms with van der Waals surface area (Å²) in [6.45, 7) is 2.12. The number of rotatable bonds is 5. The Balaban J connectivity index is 2.78. The summed E-state index contributed by atoms with van der Waals surface area (Å²) in [4.78, 5) is 24.5. The van der Waals surface area contributed by atoms with Crippen LogP contribution >= 0.6 is 27.3 Å². The van der Waals surface area contributed by atoms with Gasteiger partial charge in [0.05, 0.1) is 8.66 Å². The predicted octanol–water partition coefficient (Wildman–Crippen LogP) is 2.45. The number of aliphatic carboxylic acids is 1. The second-order valence-corrected chi connectivity index (χ2v) is 5.69. The van der Waals surface area contributed by atoms with Crippen LogP contribution in [0.15, 0.2) is 15.9 Å². The molecular formula is C10H12BrNO3S. The topological polar surface area (TPSA) is 57.6 Å². The Kier molecular flexibility index (Phi) is 4.95. The second-order valence-electron chi connectivity index (χ2n) is 3.22. The monoisotopic (exact) mass is 305 g/mol. The van der Waals surface area contributed by atoms with Crippen molar-refractivity contribution in [1.29, 1.82) is 0 Å². The first kappa shape index (κ1) is 13.2. The van der Waals surface area contributed by atoms with Crippen LogP contribution in [0.2, 0.25) is 0 Å². The molecule has 0 aliphatic rings. The van der Waals surface area contributed by atoms with Crippen molar-refractivity contribution < 1.29 is 14.7 Å². The Morgan fingerprint density at radius 2 is 2.19 bits per heavy atom. The van der Waals surface area contributed by atoms with Gasteiger partial charge in [0.15, 0.2) is 0 Å². The minimum Gasteiger partial charge on any atom is -0.480 e. The highest BCUT2D eigenvalue weighted by molar-refractivity contribution is 9.11. The molecule has 1 rings (SSSR count). The summed E-state index contributed by atoms with van der Waals surface area (Å²) >= 11 is 4.58. The highest BCUT2D eigenvalue weighted by Crippen LogP contribution is 2.23. The van der Waals surface area contributed by atoms with Gasteiger partial charge in [-0.25, -0.2) is 0 Å². The highest BCUT2D eigenvalue weighted by atomic mass is 79.9. The fraction of sp³-hybridized carbons (Fsp3) is 0.400. The zero-order chi connectivity index (χ0) is 12.1. The number of hydrogen-bond acceptors (Lipinski definition) is 3. The van der Waals surface area contributed by atoms with Crippen molar-refractivity contribution in [2.45, 2.75) is 13.3 Å². The molecule has 1 aromatic rings. The van der Waals surface area contributed by atoms with Crippen LogP contribution in [0.1, 0.15) is 23.0 Å². The fourth-order valence-electron chi connectivity index (χ4n) is 1.27. The summed E-state index contributed by atoms with van der Waals surface area (Å²) < 4.78 is 0.864. The zero-order valence-electron chi connectivity index (χ0n) is 8.77. The maximum Gasteiger partial charge on any atom is 0.323 e. The van der Waals surface area contributed by atoms with Crippen molar-refractivity contribution in [1.82, 2.24) is 4.90 Å². The van der Waals surface area contributed by atoms with Crippen molar-refractivity contribution >= 4 is 39.1 Å². The third-order valence-electron chi connectivity index (χ3n) is 1.89. The molecule has 88 valence electrons. The molecule has 6 heteroatoms. The molecule has 1 aromatic heterocycles. The summed E-state index contributed by atoms with van der Waals surface area (Å²) in [6.07, 6.45) is 0.742. The zero-order valence-corrected chi connectivity index (χ0v) is 11.2. The number of carboxylic acid groups (broad SMARTS) is 1. The first-order valence-electron chi connectivity index (χ1n) is 4.81. The molecular weight excluding hydrogens is 294 g/mol. The Morgan fingerprint density at radius 3 is 2.62 bits per heavy atom. The van der Waals surface area contributed by atoms with E-state index in [9.17, 15) is 9.59 Å². The summed E-state index contributed by atoms with van der Waals surface area (Å²) in [5, 5.41) is 8.71. The molecule has 0 aliphatic carbocycles. The van der Waals surface area contributed by atoms with Crippen molar-refractivity contribution in [2.75, 3.05) is 13.1 Å². The van der Waals surface area contributed by atoms with Gasteiger partial charge in [-0.2, -0.15) is 0 Å². The lowest BCUT2D eigenvalue weighted by atomic mass is 10.3. The summed E-state index contributed by atoms with van der Waals surface area (Å²) in [7, 11) is 0. The van der Waals surface area contributed by atoms with Crippen molar-refractivity contribution in [3.8, 4) is 0 Å². The Bertz CT molecular complexity index is 391. The van der Waals surface area contributed by atoms with Crippen LogP contribution in [0.5, 0.6) is 0 Å². The largest absolute Gasteiger partial charge is 0.480 e. The number of amides is 1. The average molecular weight is 306 g/mol. The van der Waals surface area contributed by atoms with Crippen LogP contribution in [-0.2, 0) is 4.79 Å². The quantitative estimate of drug-likeness (QED) is 0.909. The molecule has 0 atom stereocenters. The molecule has 4 nitrogen and oxygen atoms in total. The number of halogens is 1. The van der Waals surface area contributed by atoms with Crippen molar-refractivity contribution in [2.24, 2.45) is 0 Å². The van der Waals surface area contributed by atoms with Crippen LogP contribution in [-0.4, -0.2) is 35.0 Å². The number of nitrogens with zero attached hydrogens (tertiary/aromatic N) is 1. The Morgan fingerprint density at radius 1 is 1.50 bits per heavy atom. The number of thiophene rings is 1. The van der Waals surface area contributed by atoms with Gasteiger partial charge >= 0.3 is 5.97 Å². The third kappa shape index (κ3) is 3.61. The molecule has 0 saturated carbocycles. The lowest BCUT2D eigenvalue weighted by Crippen LogP contribution is -2.35. The van der Waals surface area contributed by atoms with E-state index in [0.29, 0.717) is 11.4 Å². The Hall–Kier alpha value is -0.880. The van der Waals surface area contributed by atoms with E-state index in [1.54, 1.807) is 12.1 Å². The fourth-order valence-corrected chi connectivity index (χ4v) is 2.62. The molecule has 0 aromatic carbocycles. The summed E-state index contributed by atoms with van der Waals surface area (Å²) in [5.74, 6) is -1.21. The van der Waals surface area contributed by atoms with E-state index in [0.717, 1.165) is 10.2 Å². The predicted molar refractivity (Wildman–Crippen MR) is 65.8 cm³/mol. The van der Waals surface area contributed by atoms with E-state index in [4.69, 9.17) is 5.11 Å². The smallest absolute Gasteiger partial charge is 0.323 e. The average Bonchev–Trinajstić information content (AvgIpc) is 2.62. The van der Waals surface area contributed by atoms with Gasteiger partial charge in [-0.15, -0.1) is 11.3 Å². The van der Waals surface area contributed by atoms with Crippen LogP contribution in [0, 0.1) is 0 Å². The molecule has 0 bridgehead atoms. The maximum absolute atomic E-state index is 11.9. The van der Waals surface area contributed by atoms with E-state index >= 15 is 0 Å². The summed E-state index contributed by atoms with van der Waals surface area (Å²) in [5.41, 5.74) is 0. The lowest BCUT2D eigenvalue weighted by Gasteiger charge is -2.18. The molecule has 0 unspecified atom stereocenters. The molecule has 0 radical (unpaired) electrons. The molecule has 1 amide bonds. The van der Waals surface area contributed by atoms with E-state index in [2.05, 4.69) is 15.9 Å². The number of carbonyl (C=O) groups excluding carboxylic acids is 1. The van der Waals surface area contributed by atoms with E-state index in [1.165, 1.54) is 16.2 Å². The van der Waals surface area contributed by atoms with Gasteiger partial charge in [0.2, 0.25) is 0 Å². The third-order valence-corrected chi connectivity index (χ3v) is 3.50. The molecule has 16 heavy (non-hydrogen) atoms. The minimum atomic E-state index is -0.988. The molecule has 0 saturated heterocycles. The summed E-state index contributed by atoms with van der Waals surface area (Å²) in [6, 6.07) is 3.48. The van der Waals surface area contributed by atoms with E-state index in [-0.39, 0.29) is 12.5 Å². The molecule has 0 aliphatic heterocycles. The first-order chi connectivity index (χ1) is 7.54. The van der Waals surface area contributed by atoms with E-state index < -0.39 is 5.97 Å². The van der Waals surface area contributed by atoms with Crippen LogP contribution < -0.4 is 0 Å². The SMILES string of the molecule is CCCN(CC(=O)O)C(=O)c1ccc(Br)s1. The van der Waals surface area contributed by atoms with Gasteiger partial charge in [-0.3, -0.25) is 9.59 Å². The first-order valence-corrected chi connectivity index (χ1v) is 6.42. The number of carboxylic acids is 1. The molecule has 1 N–H and O–H groups in total. The highest BCUT2D eigenvalue weighted by Gasteiger charge is 2.18. The molecule has 0 fully saturated rings. The van der Waals surface area contributed by atoms with Crippen molar-refractivity contribution in [3.05, 3.63) is 20.8 Å².